The molecule has 110 valence electrons. The predicted molar refractivity (Wildman–Crippen MR) is 67.9 cm³/mol. The molecule has 1 aromatic carbocycles. The van der Waals surface area contributed by atoms with Crippen LogP contribution in [0.4, 0.5) is 21.8 Å². The van der Waals surface area contributed by atoms with Gasteiger partial charge >= 0.3 is 6.01 Å². The SMILES string of the molecule is Cc1noc(NC(=O)c2cc(NN)c(F)cc2[N+](=O)[O-])n1. The van der Waals surface area contributed by atoms with Gasteiger partial charge in [0, 0.05) is 0 Å². The van der Waals surface area contributed by atoms with Crippen molar-refractivity contribution < 1.29 is 18.6 Å². The van der Waals surface area contributed by atoms with Gasteiger partial charge in [0.1, 0.15) is 5.56 Å². The second-order valence-electron chi connectivity index (χ2n) is 3.85. The van der Waals surface area contributed by atoms with E-state index in [-0.39, 0.29) is 17.5 Å². The molecule has 10 nitrogen and oxygen atoms in total. The molecule has 1 amide bonds. The van der Waals surface area contributed by atoms with E-state index >= 15 is 0 Å². The summed E-state index contributed by atoms with van der Waals surface area (Å²) in [5, 5.41) is 16.5. The monoisotopic (exact) mass is 296 g/mol. The van der Waals surface area contributed by atoms with Gasteiger partial charge in [-0.3, -0.25) is 26.1 Å². The van der Waals surface area contributed by atoms with E-state index in [4.69, 9.17) is 5.84 Å². The molecule has 2 rings (SSSR count). The molecule has 0 spiro atoms. The molecule has 0 saturated carbocycles. The van der Waals surface area contributed by atoms with Gasteiger partial charge in [-0.05, 0) is 13.0 Å². The number of amides is 1. The molecule has 1 aromatic heterocycles. The van der Waals surface area contributed by atoms with Crippen LogP contribution in [0.3, 0.4) is 0 Å². The van der Waals surface area contributed by atoms with Crippen LogP contribution in [0.15, 0.2) is 16.7 Å². The maximum absolute atomic E-state index is 13.5. The van der Waals surface area contributed by atoms with Crippen molar-refractivity contribution in [3.63, 3.8) is 0 Å². The number of carbonyl (C=O) groups excluding carboxylic acids is 1. The number of anilines is 2. The lowest BCUT2D eigenvalue weighted by molar-refractivity contribution is -0.385. The number of aryl methyl sites for hydroxylation is 1. The summed E-state index contributed by atoms with van der Waals surface area (Å²) >= 11 is 0. The molecule has 0 radical (unpaired) electrons. The number of hydrogen-bond acceptors (Lipinski definition) is 8. The fraction of sp³-hybridized carbons (Fsp3) is 0.100. The minimum atomic E-state index is -0.964. The molecular weight excluding hydrogens is 287 g/mol. The van der Waals surface area contributed by atoms with Gasteiger partial charge in [0.05, 0.1) is 16.7 Å². The van der Waals surface area contributed by atoms with E-state index in [2.05, 4.69) is 20.0 Å². The molecule has 0 aliphatic carbocycles. The molecule has 4 N–H and O–H groups in total. The summed E-state index contributed by atoms with van der Waals surface area (Å²) < 4.78 is 18.1. The Morgan fingerprint density at radius 2 is 2.24 bits per heavy atom. The Balaban J connectivity index is 2.40. The molecule has 1 heterocycles. The lowest BCUT2D eigenvalue weighted by Gasteiger charge is -2.06. The van der Waals surface area contributed by atoms with Crippen LogP contribution in [0.2, 0.25) is 0 Å². The van der Waals surface area contributed by atoms with Gasteiger partial charge in [0.25, 0.3) is 11.6 Å². The summed E-state index contributed by atoms with van der Waals surface area (Å²) in [5.74, 6) is 3.46. The standard InChI is InChI=1S/C10H9FN6O4/c1-4-13-10(21-16-4)14-9(18)5-2-7(15-12)6(11)3-8(5)17(19)20/h2-3,15H,12H2,1H3,(H,13,14,16,18). The van der Waals surface area contributed by atoms with Crippen LogP contribution in [-0.2, 0) is 0 Å². The Morgan fingerprint density at radius 3 is 2.76 bits per heavy atom. The summed E-state index contributed by atoms with van der Waals surface area (Å²) in [6, 6.07) is 1.26. The minimum absolute atomic E-state index is 0.238. The van der Waals surface area contributed by atoms with Crippen LogP contribution < -0.4 is 16.6 Å². The zero-order valence-corrected chi connectivity index (χ0v) is 10.6. The van der Waals surface area contributed by atoms with Crippen molar-refractivity contribution in [2.45, 2.75) is 6.92 Å². The van der Waals surface area contributed by atoms with E-state index in [1.54, 1.807) is 0 Å². The number of nitrogen functional groups attached to an aromatic ring is 1. The number of aromatic nitrogens is 2. The van der Waals surface area contributed by atoms with E-state index in [0.717, 1.165) is 6.07 Å². The minimum Gasteiger partial charge on any atom is -0.321 e. The van der Waals surface area contributed by atoms with Crippen LogP contribution in [-0.4, -0.2) is 21.0 Å². The van der Waals surface area contributed by atoms with Crippen molar-refractivity contribution in [3.8, 4) is 0 Å². The highest BCUT2D eigenvalue weighted by Crippen LogP contribution is 2.26. The normalized spacial score (nSPS) is 10.2. The Bertz CT molecular complexity index is 716. The number of nitrogens with one attached hydrogen (secondary N) is 2. The third-order valence-electron chi connectivity index (χ3n) is 2.43. The number of carbonyl (C=O) groups is 1. The van der Waals surface area contributed by atoms with Gasteiger partial charge in [-0.15, -0.1) is 0 Å². The largest absolute Gasteiger partial charge is 0.328 e. The summed E-state index contributed by atoms with van der Waals surface area (Å²) in [7, 11) is 0. The van der Waals surface area contributed by atoms with E-state index in [0.29, 0.717) is 6.07 Å². The number of benzene rings is 1. The summed E-state index contributed by atoms with van der Waals surface area (Å²) in [6.45, 7) is 1.52. The third-order valence-corrected chi connectivity index (χ3v) is 2.43. The third kappa shape index (κ3) is 2.92. The number of rotatable bonds is 4. The van der Waals surface area contributed by atoms with Crippen LogP contribution >= 0.6 is 0 Å². The molecule has 2 aromatic rings. The Kier molecular flexibility index (Phi) is 3.75. The second kappa shape index (κ2) is 5.50. The van der Waals surface area contributed by atoms with Crippen LogP contribution in [0.25, 0.3) is 0 Å². The van der Waals surface area contributed by atoms with Crippen molar-refractivity contribution in [2.75, 3.05) is 10.7 Å². The molecule has 0 aliphatic rings. The predicted octanol–water partition coefficient (Wildman–Crippen LogP) is 0.963. The fourth-order valence-corrected chi connectivity index (χ4v) is 1.52. The van der Waals surface area contributed by atoms with Crippen LogP contribution in [0.5, 0.6) is 0 Å². The van der Waals surface area contributed by atoms with Crippen molar-refractivity contribution in [3.05, 3.63) is 39.5 Å². The van der Waals surface area contributed by atoms with E-state index in [1.807, 2.05) is 5.43 Å². The van der Waals surface area contributed by atoms with E-state index < -0.39 is 27.9 Å². The molecule has 0 unspecified atom stereocenters. The van der Waals surface area contributed by atoms with Gasteiger partial charge in [0.15, 0.2) is 11.6 Å². The maximum atomic E-state index is 13.5. The van der Waals surface area contributed by atoms with E-state index in [9.17, 15) is 19.3 Å². The lowest BCUT2D eigenvalue weighted by Crippen LogP contribution is -2.16. The molecule has 0 fully saturated rings. The van der Waals surface area contributed by atoms with E-state index in [1.165, 1.54) is 6.92 Å². The highest BCUT2D eigenvalue weighted by Gasteiger charge is 2.24. The number of nitrogens with zero attached hydrogens (tertiary/aromatic N) is 3. The first kappa shape index (κ1) is 14.3. The first-order chi connectivity index (χ1) is 9.92. The molecule has 0 bridgehead atoms. The second-order valence-corrected chi connectivity index (χ2v) is 3.85. The Labute approximate surface area is 116 Å². The number of nitrogens with two attached hydrogens (primary N) is 1. The molecule has 11 heteroatoms. The molecule has 0 aliphatic heterocycles. The van der Waals surface area contributed by atoms with Crippen molar-refractivity contribution in [1.82, 2.24) is 10.1 Å². The van der Waals surface area contributed by atoms with Crippen molar-refractivity contribution >= 4 is 23.3 Å². The zero-order chi connectivity index (χ0) is 15.6. The quantitative estimate of drug-likeness (QED) is 0.429. The first-order valence-corrected chi connectivity index (χ1v) is 5.48. The highest BCUT2D eigenvalue weighted by atomic mass is 19.1. The summed E-state index contributed by atoms with van der Waals surface area (Å²) in [6.07, 6.45) is 0. The number of nitro groups is 1. The molecule has 0 saturated heterocycles. The maximum Gasteiger partial charge on any atom is 0.328 e. The molecule has 0 atom stereocenters. The van der Waals surface area contributed by atoms with Gasteiger partial charge in [-0.25, -0.2) is 4.39 Å². The average molecular weight is 296 g/mol. The number of hydrazine groups is 1. The van der Waals surface area contributed by atoms with Gasteiger partial charge < -0.3 is 9.95 Å². The number of hydrogen-bond donors (Lipinski definition) is 3. The molecule has 21 heavy (non-hydrogen) atoms. The highest BCUT2D eigenvalue weighted by molar-refractivity contribution is 6.06. The Hall–Kier alpha value is -3.08. The molecular formula is C10H9FN6O4. The van der Waals surface area contributed by atoms with Crippen LogP contribution in [0, 0.1) is 22.9 Å². The lowest BCUT2D eigenvalue weighted by atomic mass is 10.1. The Morgan fingerprint density at radius 1 is 1.52 bits per heavy atom. The summed E-state index contributed by atoms with van der Waals surface area (Å²) in [4.78, 5) is 25.7. The van der Waals surface area contributed by atoms with Gasteiger partial charge in [-0.1, -0.05) is 5.16 Å². The summed E-state index contributed by atoms with van der Waals surface area (Å²) in [5.41, 5.74) is 0.591. The number of halogens is 1. The van der Waals surface area contributed by atoms with Crippen molar-refractivity contribution in [1.29, 1.82) is 0 Å². The fourth-order valence-electron chi connectivity index (χ4n) is 1.52. The van der Waals surface area contributed by atoms with Gasteiger partial charge in [-0.2, -0.15) is 4.98 Å². The van der Waals surface area contributed by atoms with Crippen LogP contribution in [0.1, 0.15) is 16.2 Å². The average Bonchev–Trinajstić information content (AvgIpc) is 2.83. The smallest absolute Gasteiger partial charge is 0.321 e. The first-order valence-electron chi connectivity index (χ1n) is 5.48. The van der Waals surface area contributed by atoms with Crippen molar-refractivity contribution in [2.24, 2.45) is 5.84 Å². The zero-order valence-electron chi connectivity index (χ0n) is 10.6. The van der Waals surface area contributed by atoms with Gasteiger partial charge in [0.2, 0.25) is 0 Å². The topological polar surface area (TPSA) is 149 Å². The number of nitro benzene ring substituents is 1.